The van der Waals surface area contributed by atoms with Crippen LogP contribution in [0.5, 0.6) is 11.5 Å². The molecule has 2 aromatic carbocycles. The van der Waals surface area contributed by atoms with Crippen molar-refractivity contribution < 1.29 is 19.2 Å². The van der Waals surface area contributed by atoms with Gasteiger partial charge in [0.25, 0.3) is 5.69 Å². The molecule has 1 aliphatic heterocycles. The molecule has 0 radical (unpaired) electrons. The lowest BCUT2D eigenvalue weighted by molar-refractivity contribution is -0.385. The van der Waals surface area contributed by atoms with Crippen LogP contribution in [0.3, 0.4) is 0 Å². The molecule has 1 heterocycles. The molecule has 0 spiro atoms. The van der Waals surface area contributed by atoms with Gasteiger partial charge in [-0.05, 0) is 25.1 Å². The lowest BCUT2D eigenvalue weighted by Crippen LogP contribution is -2.15. The topological polar surface area (TPSA) is 78.7 Å². The Hall–Kier alpha value is -2.54. The average Bonchev–Trinajstić information content (AvgIpc) is 2.59. The predicted molar refractivity (Wildman–Crippen MR) is 90.3 cm³/mol. The number of carbonyl (C=O) groups excluding carboxylic acids is 1. The first-order valence-corrected chi connectivity index (χ1v) is 8.34. The summed E-state index contributed by atoms with van der Waals surface area (Å²) in [5, 5.41) is 11.0. The van der Waals surface area contributed by atoms with Gasteiger partial charge in [0.2, 0.25) is 0 Å². The van der Waals surface area contributed by atoms with Gasteiger partial charge >= 0.3 is 0 Å². The molecule has 6 nitrogen and oxygen atoms in total. The second kappa shape index (κ2) is 6.92. The number of thioether (sulfide) groups is 1. The van der Waals surface area contributed by atoms with Gasteiger partial charge in [-0.2, -0.15) is 0 Å². The van der Waals surface area contributed by atoms with Crippen LogP contribution >= 0.6 is 11.8 Å². The summed E-state index contributed by atoms with van der Waals surface area (Å²) >= 11 is 1.36. The summed E-state index contributed by atoms with van der Waals surface area (Å²) in [5.41, 5.74) is 0.846. The van der Waals surface area contributed by atoms with Crippen molar-refractivity contribution in [2.45, 2.75) is 11.8 Å². The molecule has 124 valence electrons. The van der Waals surface area contributed by atoms with Crippen LogP contribution in [0.1, 0.15) is 15.9 Å². The number of carbonyl (C=O) groups is 1. The highest BCUT2D eigenvalue weighted by molar-refractivity contribution is 8.00. The first kappa shape index (κ1) is 16.3. The Morgan fingerprint density at radius 1 is 1.17 bits per heavy atom. The average molecular weight is 345 g/mol. The van der Waals surface area contributed by atoms with Gasteiger partial charge in [0.05, 0.1) is 10.7 Å². The van der Waals surface area contributed by atoms with Crippen molar-refractivity contribution in [2.24, 2.45) is 0 Å². The van der Waals surface area contributed by atoms with Crippen LogP contribution in [-0.2, 0) is 0 Å². The molecular weight excluding hydrogens is 330 g/mol. The zero-order valence-electron chi connectivity index (χ0n) is 13.0. The maximum Gasteiger partial charge on any atom is 0.273 e. The fourth-order valence-electron chi connectivity index (χ4n) is 2.33. The van der Waals surface area contributed by atoms with Crippen LogP contribution < -0.4 is 9.47 Å². The molecular formula is C17H15NO5S. The number of ketones is 1. The van der Waals surface area contributed by atoms with E-state index >= 15 is 0 Å². The second-order valence-electron chi connectivity index (χ2n) is 5.28. The largest absolute Gasteiger partial charge is 0.486 e. The van der Waals surface area contributed by atoms with Crippen molar-refractivity contribution in [2.75, 3.05) is 19.0 Å². The van der Waals surface area contributed by atoms with E-state index in [9.17, 15) is 14.9 Å². The molecule has 0 saturated carbocycles. The smallest absolute Gasteiger partial charge is 0.273 e. The van der Waals surface area contributed by atoms with Crippen LogP contribution in [0.25, 0.3) is 0 Å². The van der Waals surface area contributed by atoms with Crippen LogP contribution in [0, 0.1) is 17.0 Å². The zero-order chi connectivity index (χ0) is 17.1. The van der Waals surface area contributed by atoms with Crippen LogP contribution in [-0.4, -0.2) is 29.7 Å². The Bertz CT molecular complexity index is 806. The standard InChI is InChI=1S/C17H15NO5S/c1-11-2-3-12(8-14(11)18(20)21)15(19)10-24-13-4-5-16-17(9-13)23-7-6-22-16/h2-5,8-9H,6-7,10H2,1H3. The van der Waals surface area contributed by atoms with Gasteiger partial charge in [0.1, 0.15) is 13.2 Å². The number of fused-ring (bicyclic) bond motifs is 1. The summed E-state index contributed by atoms with van der Waals surface area (Å²) in [6.07, 6.45) is 0. The summed E-state index contributed by atoms with van der Waals surface area (Å²) in [7, 11) is 0. The van der Waals surface area contributed by atoms with Gasteiger partial charge in [0.15, 0.2) is 17.3 Å². The predicted octanol–water partition coefficient (Wildman–Crippen LogP) is 3.65. The van der Waals surface area contributed by atoms with Crippen LogP contribution in [0.15, 0.2) is 41.3 Å². The molecule has 0 fully saturated rings. The fourth-order valence-corrected chi connectivity index (χ4v) is 3.14. The fraction of sp³-hybridized carbons (Fsp3) is 0.235. The number of rotatable bonds is 5. The van der Waals surface area contributed by atoms with Crippen molar-refractivity contribution in [3.8, 4) is 11.5 Å². The summed E-state index contributed by atoms with van der Waals surface area (Å²) in [6, 6.07) is 10.1. The highest BCUT2D eigenvalue weighted by atomic mass is 32.2. The first-order valence-electron chi connectivity index (χ1n) is 7.35. The Morgan fingerprint density at radius 2 is 1.92 bits per heavy atom. The molecule has 0 saturated heterocycles. The number of nitrogens with zero attached hydrogens (tertiary/aromatic N) is 1. The maximum absolute atomic E-state index is 12.3. The molecule has 0 unspecified atom stereocenters. The normalized spacial score (nSPS) is 12.7. The zero-order valence-corrected chi connectivity index (χ0v) is 13.8. The first-order chi connectivity index (χ1) is 11.5. The number of ether oxygens (including phenoxy) is 2. The van der Waals surface area contributed by atoms with Gasteiger partial charge in [-0.15, -0.1) is 11.8 Å². The van der Waals surface area contributed by atoms with E-state index in [0.717, 1.165) is 4.90 Å². The molecule has 0 N–H and O–H groups in total. The minimum Gasteiger partial charge on any atom is -0.486 e. The quantitative estimate of drug-likeness (QED) is 0.356. The van der Waals surface area contributed by atoms with E-state index in [1.165, 1.54) is 17.8 Å². The Morgan fingerprint density at radius 3 is 2.67 bits per heavy atom. The van der Waals surface area contributed by atoms with Gasteiger partial charge in [-0.25, -0.2) is 0 Å². The molecule has 0 bridgehead atoms. The van der Waals surface area contributed by atoms with Gasteiger partial charge < -0.3 is 9.47 Å². The molecule has 0 atom stereocenters. The third-order valence-corrected chi connectivity index (χ3v) is 4.61. The molecule has 3 rings (SSSR count). The van der Waals surface area contributed by atoms with E-state index in [4.69, 9.17) is 9.47 Å². The summed E-state index contributed by atoms with van der Waals surface area (Å²) in [6.45, 7) is 2.69. The lowest BCUT2D eigenvalue weighted by atomic mass is 10.1. The minimum absolute atomic E-state index is 0.0369. The molecule has 7 heteroatoms. The monoisotopic (exact) mass is 345 g/mol. The molecule has 2 aromatic rings. The van der Waals surface area contributed by atoms with E-state index in [-0.39, 0.29) is 17.2 Å². The van der Waals surface area contributed by atoms with E-state index in [0.29, 0.717) is 35.8 Å². The van der Waals surface area contributed by atoms with Gasteiger partial charge in [-0.3, -0.25) is 14.9 Å². The van der Waals surface area contributed by atoms with Gasteiger partial charge in [-0.1, -0.05) is 12.1 Å². The molecule has 24 heavy (non-hydrogen) atoms. The number of nitro groups is 1. The maximum atomic E-state index is 12.3. The van der Waals surface area contributed by atoms with Crippen molar-refractivity contribution in [1.82, 2.24) is 0 Å². The van der Waals surface area contributed by atoms with E-state index in [1.807, 2.05) is 18.2 Å². The molecule has 0 aromatic heterocycles. The number of benzene rings is 2. The minimum atomic E-state index is -0.472. The molecule has 0 amide bonds. The van der Waals surface area contributed by atoms with Crippen LogP contribution in [0.4, 0.5) is 5.69 Å². The molecule has 0 aliphatic carbocycles. The Kier molecular flexibility index (Phi) is 4.71. The second-order valence-corrected chi connectivity index (χ2v) is 6.32. The SMILES string of the molecule is Cc1ccc(C(=O)CSc2ccc3c(c2)OCCO3)cc1[N+](=O)[O-]. The van der Waals surface area contributed by atoms with E-state index < -0.39 is 4.92 Å². The number of hydrogen-bond acceptors (Lipinski definition) is 6. The lowest BCUT2D eigenvalue weighted by Gasteiger charge is -2.18. The molecule has 1 aliphatic rings. The van der Waals surface area contributed by atoms with E-state index in [2.05, 4.69) is 0 Å². The number of hydrogen-bond donors (Lipinski definition) is 0. The summed E-state index contributed by atoms with van der Waals surface area (Å²) in [5.74, 6) is 1.41. The Balaban J connectivity index is 1.69. The number of Topliss-reactive ketones (excluding diaryl/α,β-unsaturated/α-hetero) is 1. The van der Waals surface area contributed by atoms with E-state index in [1.54, 1.807) is 19.1 Å². The highest BCUT2D eigenvalue weighted by Gasteiger charge is 2.16. The van der Waals surface area contributed by atoms with Crippen LogP contribution in [0.2, 0.25) is 0 Å². The summed E-state index contributed by atoms with van der Waals surface area (Å²) in [4.78, 5) is 23.7. The third kappa shape index (κ3) is 3.51. The van der Waals surface area contributed by atoms with Crippen molar-refractivity contribution in [3.63, 3.8) is 0 Å². The number of aryl methyl sites for hydroxylation is 1. The summed E-state index contributed by atoms with van der Waals surface area (Å²) < 4.78 is 11.0. The highest BCUT2D eigenvalue weighted by Crippen LogP contribution is 2.34. The Labute approximate surface area is 142 Å². The van der Waals surface area contributed by atoms with Crippen molar-refractivity contribution in [1.29, 1.82) is 0 Å². The van der Waals surface area contributed by atoms with Gasteiger partial charge in [0, 0.05) is 22.1 Å². The third-order valence-electron chi connectivity index (χ3n) is 3.61. The number of nitro benzene ring substituents is 1. The van der Waals surface area contributed by atoms with Crippen molar-refractivity contribution >= 4 is 23.2 Å². The van der Waals surface area contributed by atoms with Crippen molar-refractivity contribution in [3.05, 3.63) is 57.6 Å².